The summed E-state index contributed by atoms with van der Waals surface area (Å²) >= 11 is 0. The van der Waals surface area contributed by atoms with Gasteiger partial charge in [0.2, 0.25) is 5.88 Å². The molecule has 0 aliphatic carbocycles. The van der Waals surface area contributed by atoms with E-state index in [4.69, 9.17) is 4.74 Å². The summed E-state index contributed by atoms with van der Waals surface area (Å²) in [6.45, 7) is 8.36. The summed E-state index contributed by atoms with van der Waals surface area (Å²) in [5, 5.41) is 0. The van der Waals surface area contributed by atoms with E-state index in [1.54, 1.807) is 10.6 Å². The molecule has 0 amide bonds. The predicted octanol–water partition coefficient (Wildman–Crippen LogP) is 2.74. The Balaban J connectivity index is 2.17. The highest BCUT2D eigenvalue weighted by molar-refractivity contribution is 5.46. The van der Waals surface area contributed by atoms with Crippen LogP contribution in [0.15, 0.2) is 23.1 Å². The summed E-state index contributed by atoms with van der Waals surface area (Å²) in [7, 11) is 0. The lowest BCUT2D eigenvalue weighted by molar-refractivity contribution is 0.0508. The third-order valence-corrected chi connectivity index (χ3v) is 4.55. The molecule has 0 bridgehead atoms. The van der Waals surface area contributed by atoms with Crippen molar-refractivity contribution in [3.63, 3.8) is 0 Å². The van der Waals surface area contributed by atoms with Crippen LogP contribution in [0.25, 0.3) is 5.65 Å². The Kier molecular flexibility index (Phi) is 2.85. The molecule has 3 heterocycles. The van der Waals surface area contributed by atoms with Crippen LogP contribution in [0.5, 0.6) is 5.88 Å². The first-order valence-corrected chi connectivity index (χ1v) is 7.15. The molecule has 1 aliphatic heterocycles. The molecule has 0 spiro atoms. The smallest absolute Gasteiger partial charge is 0.265 e. The number of hydrogen-bond donors (Lipinski definition) is 0. The Labute approximate surface area is 118 Å². The summed E-state index contributed by atoms with van der Waals surface area (Å²) in [5.41, 5.74) is 2.11. The van der Waals surface area contributed by atoms with Gasteiger partial charge in [0.1, 0.15) is 11.2 Å². The first kappa shape index (κ1) is 13.2. The van der Waals surface area contributed by atoms with Gasteiger partial charge in [0.25, 0.3) is 5.56 Å². The Morgan fingerprint density at radius 3 is 3.00 bits per heavy atom. The van der Waals surface area contributed by atoms with E-state index in [2.05, 4.69) is 25.8 Å². The van der Waals surface area contributed by atoms with Crippen LogP contribution in [-0.4, -0.2) is 15.0 Å². The van der Waals surface area contributed by atoms with Crippen LogP contribution in [0, 0.1) is 12.8 Å². The topological polar surface area (TPSA) is 43.6 Å². The third kappa shape index (κ3) is 1.82. The third-order valence-electron chi connectivity index (χ3n) is 4.55. The van der Waals surface area contributed by atoms with Crippen LogP contribution in [0.2, 0.25) is 0 Å². The highest BCUT2D eigenvalue weighted by atomic mass is 16.5. The van der Waals surface area contributed by atoms with E-state index >= 15 is 0 Å². The first-order chi connectivity index (χ1) is 9.44. The van der Waals surface area contributed by atoms with Crippen molar-refractivity contribution < 1.29 is 4.74 Å². The molecule has 0 radical (unpaired) electrons. The van der Waals surface area contributed by atoms with Gasteiger partial charge in [0, 0.05) is 12.6 Å². The SMILES string of the molecule is CC[C@H](C)[C@@]1(C)Cc2c(nc3cc(C)ccn3c2=O)O1. The van der Waals surface area contributed by atoms with Crippen molar-refractivity contribution in [3.05, 3.63) is 39.8 Å². The van der Waals surface area contributed by atoms with Crippen LogP contribution in [0.4, 0.5) is 0 Å². The average Bonchev–Trinajstić information content (AvgIpc) is 2.76. The van der Waals surface area contributed by atoms with Crippen molar-refractivity contribution >= 4 is 5.65 Å². The lowest BCUT2D eigenvalue weighted by Gasteiger charge is -2.29. The van der Waals surface area contributed by atoms with Crippen LogP contribution in [0.1, 0.15) is 38.3 Å². The standard InChI is InChI=1S/C16H20N2O2/c1-5-11(3)16(4)9-12-14(20-16)17-13-8-10(2)6-7-18(13)15(12)19/h6-8,11H,5,9H2,1-4H3/t11-,16+/m0/s1. The molecule has 4 heteroatoms. The van der Waals surface area contributed by atoms with E-state index in [0.717, 1.165) is 12.0 Å². The van der Waals surface area contributed by atoms with Crippen LogP contribution in [0.3, 0.4) is 0 Å². The van der Waals surface area contributed by atoms with Crippen molar-refractivity contribution in [1.29, 1.82) is 0 Å². The molecule has 2 aromatic rings. The molecule has 106 valence electrons. The number of nitrogens with zero attached hydrogens (tertiary/aromatic N) is 2. The van der Waals surface area contributed by atoms with Crippen molar-refractivity contribution in [1.82, 2.24) is 9.38 Å². The number of aromatic nitrogens is 2. The molecule has 20 heavy (non-hydrogen) atoms. The summed E-state index contributed by atoms with van der Waals surface area (Å²) in [6, 6.07) is 3.83. The van der Waals surface area contributed by atoms with Crippen molar-refractivity contribution in [2.45, 2.75) is 46.1 Å². The predicted molar refractivity (Wildman–Crippen MR) is 78.4 cm³/mol. The molecule has 1 aliphatic rings. The number of hydrogen-bond acceptors (Lipinski definition) is 3. The van der Waals surface area contributed by atoms with Crippen molar-refractivity contribution in [2.75, 3.05) is 0 Å². The van der Waals surface area contributed by atoms with Gasteiger partial charge in [-0.05, 0) is 43.9 Å². The molecular weight excluding hydrogens is 252 g/mol. The zero-order valence-electron chi connectivity index (χ0n) is 12.4. The molecule has 0 saturated heterocycles. The molecule has 0 saturated carbocycles. The number of pyridine rings is 1. The first-order valence-electron chi connectivity index (χ1n) is 7.15. The number of aryl methyl sites for hydroxylation is 1. The minimum atomic E-state index is -0.323. The van der Waals surface area contributed by atoms with E-state index < -0.39 is 0 Å². The van der Waals surface area contributed by atoms with Gasteiger partial charge in [-0.15, -0.1) is 0 Å². The normalized spacial score (nSPS) is 22.6. The van der Waals surface area contributed by atoms with Crippen molar-refractivity contribution in [3.8, 4) is 5.88 Å². The molecule has 0 unspecified atom stereocenters. The lowest BCUT2D eigenvalue weighted by atomic mass is 9.85. The minimum absolute atomic E-state index is 0.00275. The number of ether oxygens (including phenoxy) is 1. The molecule has 2 atom stereocenters. The van der Waals surface area contributed by atoms with E-state index in [0.29, 0.717) is 29.4 Å². The summed E-state index contributed by atoms with van der Waals surface area (Å²) < 4.78 is 7.66. The second kappa shape index (κ2) is 4.33. The fourth-order valence-corrected chi connectivity index (χ4v) is 2.81. The van der Waals surface area contributed by atoms with E-state index in [1.807, 2.05) is 19.1 Å². The van der Waals surface area contributed by atoms with Gasteiger partial charge in [0.05, 0.1) is 5.56 Å². The van der Waals surface area contributed by atoms with Gasteiger partial charge in [-0.3, -0.25) is 9.20 Å². The van der Waals surface area contributed by atoms with Gasteiger partial charge >= 0.3 is 0 Å². The van der Waals surface area contributed by atoms with Crippen molar-refractivity contribution in [2.24, 2.45) is 5.92 Å². The quantitative estimate of drug-likeness (QED) is 0.844. The minimum Gasteiger partial charge on any atom is -0.470 e. The summed E-state index contributed by atoms with van der Waals surface area (Å²) in [6.07, 6.45) is 3.45. The average molecular weight is 272 g/mol. The van der Waals surface area contributed by atoms with Crippen LogP contribution in [-0.2, 0) is 6.42 Å². The van der Waals surface area contributed by atoms with Gasteiger partial charge in [-0.2, -0.15) is 4.98 Å². The van der Waals surface area contributed by atoms with Crippen LogP contribution >= 0.6 is 0 Å². The van der Waals surface area contributed by atoms with Crippen LogP contribution < -0.4 is 10.3 Å². The molecule has 0 fully saturated rings. The van der Waals surface area contributed by atoms with E-state index in [1.165, 1.54) is 0 Å². The molecular formula is C16H20N2O2. The highest BCUT2D eigenvalue weighted by Crippen LogP contribution is 2.37. The Morgan fingerprint density at radius 1 is 1.55 bits per heavy atom. The Bertz CT molecular complexity index is 735. The van der Waals surface area contributed by atoms with Gasteiger partial charge in [0.15, 0.2) is 0 Å². The zero-order valence-corrected chi connectivity index (χ0v) is 12.4. The largest absolute Gasteiger partial charge is 0.470 e. The monoisotopic (exact) mass is 272 g/mol. The summed E-state index contributed by atoms with van der Waals surface area (Å²) in [5.74, 6) is 0.898. The fraction of sp³-hybridized carbons (Fsp3) is 0.500. The molecule has 0 aromatic carbocycles. The van der Waals surface area contributed by atoms with Gasteiger partial charge < -0.3 is 4.74 Å². The molecule has 4 nitrogen and oxygen atoms in total. The number of fused-ring (bicyclic) bond motifs is 2. The van der Waals surface area contributed by atoms with Gasteiger partial charge in [-0.25, -0.2) is 0 Å². The lowest BCUT2D eigenvalue weighted by Crippen LogP contribution is -2.38. The number of rotatable bonds is 2. The zero-order chi connectivity index (χ0) is 14.5. The highest BCUT2D eigenvalue weighted by Gasteiger charge is 2.41. The fourth-order valence-electron chi connectivity index (χ4n) is 2.81. The molecule has 3 rings (SSSR count). The maximum atomic E-state index is 12.6. The van der Waals surface area contributed by atoms with E-state index in [-0.39, 0.29) is 11.2 Å². The molecule has 0 N–H and O–H groups in total. The Morgan fingerprint density at radius 2 is 2.30 bits per heavy atom. The van der Waals surface area contributed by atoms with Gasteiger partial charge in [-0.1, -0.05) is 13.8 Å². The Hall–Kier alpha value is -1.84. The van der Waals surface area contributed by atoms with E-state index in [9.17, 15) is 4.79 Å². The maximum absolute atomic E-state index is 12.6. The second-order valence-electron chi connectivity index (χ2n) is 6.03. The maximum Gasteiger partial charge on any atom is 0.265 e. The molecule has 2 aromatic heterocycles. The summed E-state index contributed by atoms with van der Waals surface area (Å²) in [4.78, 5) is 17.1. The second-order valence-corrected chi connectivity index (χ2v) is 6.03.